The van der Waals surface area contributed by atoms with Gasteiger partial charge in [0.1, 0.15) is 23.9 Å². The van der Waals surface area contributed by atoms with E-state index >= 15 is 0 Å². The molecule has 1 unspecified atom stereocenters. The second-order valence-electron chi connectivity index (χ2n) is 9.66. The maximum atomic E-state index is 13.7. The largest absolute Gasteiger partial charge is 0.508 e. The molecule has 0 aromatic heterocycles. The number of aryl methyl sites for hydroxylation is 2. The van der Waals surface area contributed by atoms with E-state index in [-0.39, 0.29) is 11.7 Å². The Morgan fingerprint density at radius 3 is 2.48 bits per heavy atom. The van der Waals surface area contributed by atoms with Crippen molar-refractivity contribution >= 4 is 12.3 Å². The first-order chi connectivity index (χ1) is 19.3. The van der Waals surface area contributed by atoms with Gasteiger partial charge in [-0.05, 0) is 76.3 Å². The fraction of sp³-hybridized carbons (Fsp3) is 0.548. The number of carbonyl (C=O) groups excluding carboxylic acids is 2. The molecule has 1 aliphatic carbocycles. The Morgan fingerprint density at radius 2 is 1.88 bits per heavy atom. The Hall–Kier alpha value is -3.17. The van der Waals surface area contributed by atoms with E-state index in [1.165, 1.54) is 30.5 Å². The third-order valence-corrected chi connectivity index (χ3v) is 6.17. The lowest BCUT2D eigenvalue weighted by Gasteiger charge is -2.25. The molecule has 0 aliphatic heterocycles. The number of rotatable bonds is 16. The molecule has 0 bridgehead atoms. The lowest BCUT2D eigenvalue weighted by atomic mass is 10.1. The topological polar surface area (TPSA) is 103 Å². The van der Waals surface area contributed by atoms with Crippen LogP contribution in [-0.2, 0) is 16.0 Å². The summed E-state index contributed by atoms with van der Waals surface area (Å²) < 4.78 is 19.5. The van der Waals surface area contributed by atoms with Crippen LogP contribution in [0.1, 0.15) is 51.2 Å². The molecular weight excluding hydrogens is 511 g/mol. The zero-order valence-electron chi connectivity index (χ0n) is 24.8. The number of hydrogen-bond donors (Lipinski definition) is 4. The van der Waals surface area contributed by atoms with Crippen molar-refractivity contribution in [3.63, 3.8) is 0 Å². The van der Waals surface area contributed by atoms with Crippen molar-refractivity contribution in [2.75, 3.05) is 46.4 Å². The number of amides is 2. The minimum atomic E-state index is -0.324. The van der Waals surface area contributed by atoms with E-state index in [1.807, 2.05) is 51.8 Å². The Balaban J connectivity index is 0.000000675. The summed E-state index contributed by atoms with van der Waals surface area (Å²) in [6.07, 6.45) is 4.56. The van der Waals surface area contributed by atoms with Gasteiger partial charge in [-0.15, -0.1) is 0 Å². The number of hydrogen-bond acceptors (Lipinski definition) is 6. The van der Waals surface area contributed by atoms with Crippen LogP contribution in [0.3, 0.4) is 0 Å². The molecule has 2 aromatic carbocycles. The van der Waals surface area contributed by atoms with Crippen LogP contribution in [0.4, 0.5) is 4.39 Å². The van der Waals surface area contributed by atoms with Crippen LogP contribution in [0.2, 0.25) is 0 Å². The van der Waals surface area contributed by atoms with Gasteiger partial charge in [0.15, 0.2) is 0 Å². The molecule has 40 heavy (non-hydrogen) atoms. The first-order valence-electron chi connectivity index (χ1n) is 14.3. The van der Waals surface area contributed by atoms with Crippen molar-refractivity contribution in [3.8, 4) is 11.5 Å². The predicted octanol–water partition coefficient (Wildman–Crippen LogP) is 4.05. The summed E-state index contributed by atoms with van der Waals surface area (Å²) in [5.41, 5.74) is 2.10. The van der Waals surface area contributed by atoms with Gasteiger partial charge in [-0.25, -0.2) is 4.39 Å². The van der Waals surface area contributed by atoms with Crippen molar-refractivity contribution in [2.45, 2.75) is 59.4 Å². The number of likely N-dealkylation sites (N-methyl/N-ethyl adjacent to an activating group) is 2. The van der Waals surface area contributed by atoms with Gasteiger partial charge in [-0.1, -0.05) is 37.6 Å². The summed E-state index contributed by atoms with van der Waals surface area (Å²) in [5.74, 6) is 1.24. The Labute approximate surface area is 239 Å². The van der Waals surface area contributed by atoms with Crippen molar-refractivity contribution in [2.24, 2.45) is 5.92 Å². The second kappa shape index (κ2) is 20.7. The number of phenolic OH excluding ortho intramolecular Hbond substituents is 1. The fourth-order valence-electron chi connectivity index (χ4n) is 4.04. The lowest BCUT2D eigenvalue weighted by molar-refractivity contribution is -0.121. The van der Waals surface area contributed by atoms with Crippen molar-refractivity contribution in [1.82, 2.24) is 20.9 Å². The van der Waals surface area contributed by atoms with Gasteiger partial charge in [0, 0.05) is 38.3 Å². The molecule has 3 rings (SSSR count). The fourth-order valence-corrected chi connectivity index (χ4v) is 4.04. The zero-order chi connectivity index (χ0) is 29.8. The number of aromatic hydroxyl groups is 1. The minimum Gasteiger partial charge on any atom is -0.508 e. The first kappa shape index (κ1) is 34.9. The van der Waals surface area contributed by atoms with E-state index < -0.39 is 0 Å². The van der Waals surface area contributed by atoms with E-state index in [0.29, 0.717) is 69.1 Å². The molecule has 0 saturated heterocycles. The zero-order valence-corrected chi connectivity index (χ0v) is 24.8. The molecule has 1 saturated carbocycles. The molecule has 8 nitrogen and oxygen atoms in total. The summed E-state index contributed by atoms with van der Waals surface area (Å²) in [5, 5.41) is 17.8. The van der Waals surface area contributed by atoms with Crippen LogP contribution < -0.4 is 20.7 Å². The molecule has 1 fully saturated rings. The quantitative estimate of drug-likeness (QED) is 0.183. The Bertz CT molecular complexity index is 949. The van der Waals surface area contributed by atoms with E-state index in [4.69, 9.17) is 9.84 Å². The monoisotopic (exact) mass is 560 g/mol. The predicted molar refractivity (Wildman–Crippen MR) is 159 cm³/mol. The average Bonchev–Trinajstić information content (AvgIpc) is 3.78. The summed E-state index contributed by atoms with van der Waals surface area (Å²) >= 11 is 0. The van der Waals surface area contributed by atoms with Crippen LogP contribution in [0, 0.1) is 18.7 Å². The van der Waals surface area contributed by atoms with Crippen LogP contribution in [0.5, 0.6) is 11.5 Å². The average molecular weight is 561 g/mol. The van der Waals surface area contributed by atoms with Crippen molar-refractivity contribution in [3.05, 3.63) is 59.4 Å². The van der Waals surface area contributed by atoms with Gasteiger partial charge in [-0.3, -0.25) is 14.5 Å². The van der Waals surface area contributed by atoms with Gasteiger partial charge < -0.3 is 25.8 Å². The highest BCUT2D eigenvalue weighted by atomic mass is 19.1. The first-order valence-corrected chi connectivity index (χ1v) is 14.3. The van der Waals surface area contributed by atoms with E-state index in [9.17, 15) is 14.0 Å². The number of nitrogens with one attached hydrogen (secondary N) is 3. The molecule has 0 radical (unpaired) electrons. The van der Waals surface area contributed by atoms with Crippen LogP contribution in [-0.4, -0.2) is 74.7 Å². The highest BCUT2D eigenvalue weighted by molar-refractivity contribution is 5.77. The molecule has 0 heterocycles. The molecule has 0 spiro atoms. The third-order valence-electron chi connectivity index (χ3n) is 6.17. The number of benzene rings is 2. The Morgan fingerprint density at radius 1 is 1.18 bits per heavy atom. The normalized spacial score (nSPS) is 12.8. The number of nitrogens with zero attached hydrogens (tertiary/aromatic N) is 1. The number of phenols is 1. The number of halogens is 1. The SMILES string of the molecule is CC.CCNC(=O)CN(C)CC(NCCOc1cc(F)ccc1CCCNC=O)C1CC1.Cc1ccc(O)cc1. The molecule has 9 heteroatoms. The van der Waals surface area contributed by atoms with Crippen molar-refractivity contribution in [1.29, 1.82) is 0 Å². The van der Waals surface area contributed by atoms with E-state index in [1.54, 1.807) is 18.2 Å². The van der Waals surface area contributed by atoms with Crippen LogP contribution in [0.15, 0.2) is 42.5 Å². The van der Waals surface area contributed by atoms with Crippen molar-refractivity contribution < 1.29 is 23.8 Å². The van der Waals surface area contributed by atoms with E-state index in [2.05, 4.69) is 16.0 Å². The van der Waals surface area contributed by atoms with E-state index in [0.717, 1.165) is 18.5 Å². The van der Waals surface area contributed by atoms with Gasteiger partial charge >= 0.3 is 0 Å². The smallest absolute Gasteiger partial charge is 0.234 e. The van der Waals surface area contributed by atoms with Crippen LogP contribution in [0.25, 0.3) is 0 Å². The van der Waals surface area contributed by atoms with Crippen LogP contribution >= 0.6 is 0 Å². The molecule has 224 valence electrons. The summed E-state index contributed by atoms with van der Waals surface area (Å²) in [4.78, 5) is 24.1. The minimum absolute atomic E-state index is 0.0415. The second-order valence-corrected chi connectivity index (χ2v) is 9.66. The van der Waals surface area contributed by atoms with Gasteiger partial charge in [0.05, 0.1) is 6.54 Å². The third kappa shape index (κ3) is 15.4. The molecule has 4 N–H and O–H groups in total. The highest BCUT2D eigenvalue weighted by Gasteiger charge is 2.31. The molecule has 1 atom stereocenters. The number of ether oxygens (including phenoxy) is 1. The summed E-state index contributed by atoms with van der Waals surface area (Å²) in [6, 6.07) is 12.0. The molecule has 2 amide bonds. The van der Waals surface area contributed by atoms with Gasteiger partial charge in [0.2, 0.25) is 12.3 Å². The maximum absolute atomic E-state index is 13.7. The summed E-state index contributed by atoms with van der Waals surface area (Å²) in [7, 11) is 1.96. The molecule has 2 aromatic rings. The maximum Gasteiger partial charge on any atom is 0.234 e. The standard InChI is InChI=1S/C22H35FN4O3.C7H8O.C2H6/c1-3-25-22(29)15-27(2)14-20(17-6-7-17)26-11-12-30-21-13-19(23)9-8-18(21)5-4-10-24-16-28;1-6-2-4-7(8)5-3-6;1-2/h8-9,13,16-17,20,26H,3-7,10-12,14-15H2,1-2H3,(H,24,28)(H,25,29);2-5,8H,1H3;1-2H3. The molecule has 1 aliphatic rings. The molecular formula is C31H49FN4O4. The van der Waals surface area contributed by atoms with Gasteiger partial charge in [-0.2, -0.15) is 0 Å². The highest BCUT2D eigenvalue weighted by Crippen LogP contribution is 2.32. The Kier molecular flexibility index (Phi) is 18.0. The lowest BCUT2D eigenvalue weighted by Crippen LogP contribution is -2.45. The van der Waals surface area contributed by atoms with Gasteiger partial charge in [0.25, 0.3) is 0 Å². The number of carbonyl (C=O) groups is 2. The summed E-state index contributed by atoms with van der Waals surface area (Å²) in [6.45, 7) is 11.4.